The lowest BCUT2D eigenvalue weighted by atomic mass is 9.33. The van der Waals surface area contributed by atoms with Crippen LogP contribution in [0.15, 0.2) is 358 Å². The molecule has 119 heavy (non-hydrogen) atoms. The fourth-order valence-corrected chi connectivity index (χ4v) is 20.5. The monoisotopic (exact) mass is 1540 g/mol. The molecule has 8 nitrogen and oxygen atoms in total. The Balaban J connectivity index is 0.821. The van der Waals surface area contributed by atoms with Crippen LogP contribution in [0.1, 0.15) is 58.2 Å². The molecule has 10 heteroatoms. The quantitative estimate of drug-likeness (QED) is 0.128. The fourth-order valence-electron chi connectivity index (χ4n) is 19.3. The molecule has 0 aliphatic carbocycles. The van der Waals surface area contributed by atoms with Crippen LogP contribution in [0, 0.1) is 11.3 Å². The SMILES string of the molecule is CC(C)(C)c1ccc(N2c3ccc(-c4cc(-n5c6ccccc6c6ccccc65)cc(-n5c6ccccc6c6ccc7c8ccccc8sc7c65)n4)cc3B3c4cc(-c5cc(-c6ccccc6)cc(-n6c7ccc(C#N)cc7c7cc(C(C)(C)C)ccc76)n5)ccc4N(c4ccccc4-c4ccccc4)c4cccc2c43)c(-c2ccccc2)c1. The first-order valence-electron chi connectivity index (χ1n) is 41.0. The van der Waals surface area contributed by atoms with Crippen LogP contribution in [0.2, 0.25) is 0 Å². The van der Waals surface area contributed by atoms with Gasteiger partial charge in [0.25, 0.3) is 6.71 Å². The molecular formula is C109H77BN8S. The van der Waals surface area contributed by atoms with E-state index in [0.717, 1.165) is 162 Å². The summed E-state index contributed by atoms with van der Waals surface area (Å²) in [5, 5.41) is 19.8. The van der Waals surface area contributed by atoms with Crippen molar-refractivity contribution in [2.75, 3.05) is 9.80 Å². The molecule has 2 aliphatic heterocycles. The average Bonchev–Trinajstić information content (AvgIpc) is 1.63. The van der Waals surface area contributed by atoms with Crippen LogP contribution in [0.4, 0.5) is 34.1 Å². The van der Waals surface area contributed by atoms with Crippen molar-refractivity contribution in [3.05, 3.63) is 375 Å². The number of para-hydroxylation sites is 4. The average molecular weight is 1540 g/mol. The smallest absolute Gasteiger partial charge is 0.252 e. The van der Waals surface area contributed by atoms with E-state index < -0.39 is 0 Å². The molecular weight excluding hydrogens is 1460 g/mol. The van der Waals surface area contributed by atoms with Gasteiger partial charge in [-0.15, -0.1) is 11.3 Å². The zero-order valence-electron chi connectivity index (χ0n) is 66.6. The second kappa shape index (κ2) is 26.7. The Morgan fingerprint density at radius 3 is 1.43 bits per heavy atom. The summed E-state index contributed by atoms with van der Waals surface area (Å²) in [6, 6.07) is 135. The van der Waals surface area contributed by atoms with E-state index in [1.807, 2.05) is 23.5 Å². The molecule has 562 valence electrons. The number of benzene rings is 15. The van der Waals surface area contributed by atoms with Gasteiger partial charge in [-0.3, -0.25) is 9.13 Å². The van der Waals surface area contributed by atoms with Crippen molar-refractivity contribution in [1.29, 1.82) is 5.26 Å². The Hall–Kier alpha value is -14.6. The highest BCUT2D eigenvalue weighted by Gasteiger charge is 2.45. The lowest BCUT2D eigenvalue weighted by Gasteiger charge is -2.45. The van der Waals surface area contributed by atoms with Crippen LogP contribution in [0.25, 0.3) is 159 Å². The molecule has 0 N–H and O–H groups in total. The van der Waals surface area contributed by atoms with Gasteiger partial charge in [-0.2, -0.15) is 5.26 Å². The zero-order chi connectivity index (χ0) is 79.7. The minimum Gasteiger partial charge on any atom is -0.311 e. The molecule has 0 saturated carbocycles. The van der Waals surface area contributed by atoms with Gasteiger partial charge < -0.3 is 14.4 Å². The van der Waals surface area contributed by atoms with Gasteiger partial charge in [0.2, 0.25) is 0 Å². The van der Waals surface area contributed by atoms with Crippen molar-refractivity contribution in [3.8, 4) is 79.3 Å². The van der Waals surface area contributed by atoms with E-state index in [2.05, 4.69) is 417 Å². The molecule has 0 atom stereocenters. The molecule has 23 rings (SSSR count). The summed E-state index contributed by atoms with van der Waals surface area (Å²) in [7, 11) is 0. The van der Waals surface area contributed by atoms with E-state index >= 15 is 0 Å². The van der Waals surface area contributed by atoms with Gasteiger partial charge >= 0.3 is 0 Å². The normalized spacial score (nSPS) is 12.7. The van der Waals surface area contributed by atoms with Crippen molar-refractivity contribution >= 4 is 154 Å². The molecule has 0 fully saturated rings. The van der Waals surface area contributed by atoms with Crippen molar-refractivity contribution in [2.45, 2.75) is 52.4 Å². The van der Waals surface area contributed by atoms with Gasteiger partial charge in [0.05, 0.1) is 77.9 Å². The number of rotatable bonds is 10. The Morgan fingerprint density at radius 2 is 0.790 bits per heavy atom. The number of hydrogen-bond donors (Lipinski definition) is 0. The molecule has 0 amide bonds. The Bertz CT molecular complexity index is 7810. The first-order valence-corrected chi connectivity index (χ1v) is 41.8. The highest BCUT2D eigenvalue weighted by Crippen LogP contribution is 2.52. The second-order valence-electron chi connectivity index (χ2n) is 33.9. The maximum Gasteiger partial charge on any atom is 0.252 e. The number of pyridine rings is 2. The highest BCUT2D eigenvalue weighted by molar-refractivity contribution is 7.26. The molecule has 0 spiro atoms. The number of nitriles is 1. The lowest BCUT2D eigenvalue weighted by molar-refractivity contribution is 0.590. The summed E-state index contributed by atoms with van der Waals surface area (Å²) in [5.74, 6) is 1.60. The van der Waals surface area contributed by atoms with Crippen molar-refractivity contribution in [1.82, 2.24) is 23.7 Å². The third-order valence-electron chi connectivity index (χ3n) is 25.0. The summed E-state index contributed by atoms with van der Waals surface area (Å²) < 4.78 is 9.70. The summed E-state index contributed by atoms with van der Waals surface area (Å²) in [4.78, 5) is 17.2. The third kappa shape index (κ3) is 11.0. The Morgan fingerprint density at radius 1 is 0.311 bits per heavy atom. The first kappa shape index (κ1) is 69.8. The minimum atomic E-state index is -0.365. The number of anilines is 6. The largest absolute Gasteiger partial charge is 0.311 e. The van der Waals surface area contributed by atoms with Crippen molar-refractivity contribution in [3.63, 3.8) is 0 Å². The molecule has 6 aromatic heterocycles. The van der Waals surface area contributed by atoms with E-state index in [0.29, 0.717) is 5.56 Å². The standard InChI is InChI=1S/C109H77BN8S/c1-108(2,3)74-48-55-95(84(62-74)70-31-14-9-15-32-70)116-99-54-47-72(90-64-76(114-92-39-22-17-34-78(92)79-35-18-23-40-93(79)114)65-104(113-90)118-94-41-24-19-36-80(94)82-50-51-83-81-37-20-25-44-102(81)119-107(83)106(82)118)59-88(99)110-87-58-71(46-53-98(87)115(100-42-26-43-101(116)105(100)110)91-38-21-16-33-77(91)69-29-12-8-13-30-69)89-60-73(68-27-10-7-11-28-68)61-103(112-89)117-96-52-45-67(66-111)57-85(96)86-63-75(109(4,5)6)49-56-97(86)117/h7-65H,1-6H3. The molecule has 0 unspecified atom stereocenters. The van der Waals surface area contributed by atoms with Crippen LogP contribution >= 0.6 is 11.3 Å². The summed E-state index contributed by atoms with van der Waals surface area (Å²) in [6.45, 7) is 13.4. The highest BCUT2D eigenvalue weighted by atomic mass is 32.1. The minimum absolute atomic E-state index is 0.120. The van der Waals surface area contributed by atoms with Crippen molar-refractivity contribution < 1.29 is 0 Å². The molecule has 15 aromatic carbocycles. The number of nitrogens with zero attached hydrogens (tertiary/aromatic N) is 8. The molecule has 0 bridgehead atoms. The van der Waals surface area contributed by atoms with Gasteiger partial charge in [0, 0.05) is 87.7 Å². The topological polar surface area (TPSA) is 70.8 Å². The molecule has 2 aliphatic rings. The van der Waals surface area contributed by atoms with Gasteiger partial charge in [-0.25, -0.2) is 9.97 Å². The Labute approximate surface area is 694 Å². The van der Waals surface area contributed by atoms with E-state index in [9.17, 15) is 5.26 Å². The van der Waals surface area contributed by atoms with E-state index in [4.69, 9.17) is 9.97 Å². The number of fused-ring (bicyclic) bond motifs is 17. The van der Waals surface area contributed by atoms with Crippen LogP contribution in [0.3, 0.4) is 0 Å². The molecule has 21 aromatic rings. The van der Waals surface area contributed by atoms with E-state index in [1.165, 1.54) is 58.3 Å². The molecule has 0 saturated heterocycles. The molecule has 8 heterocycles. The van der Waals surface area contributed by atoms with Gasteiger partial charge in [0.1, 0.15) is 11.6 Å². The predicted octanol–water partition coefficient (Wildman–Crippen LogP) is 27.0. The van der Waals surface area contributed by atoms with Crippen molar-refractivity contribution in [2.24, 2.45) is 0 Å². The summed E-state index contributed by atoms with van der Waals surface area (Å²) in [6.07, 6.45) is 0. The van der Waals surface area contributed by atoms with Gasteiger partial charge in [-0.1, -0.05) is 278 Å². The lowest BCUT2D eigenvalue weighted by Crippen LogP contribution is -2.61. The number of thiophene rings is 1. The second-order valence-corrected chi connectivity index (χ2v) is 35.0. The Kier molecular flexibility index (Phi) is 15.7. The van der Waals surface area contributed by atoms with Crippen LogP contribution < -0.4 is 26.2 Å². The molecule has 0 radical (unpaired) electrons. The summed E-state index contributed by atoms with van der Waals surface area (Å²) >= 11 is 1.86. The van der Waals surface area contributed by atoms with Gasteiger partial charge in [-0.05, 0) is 187 Å². The van der Waals surface area contributed by atoms with Gasteiger partial charge in [0.15, 0.2) is 0 Å². The van der Waals surface area contributed by atoms with Crippen LogP contribution in [-0.4, -0.2) is 30.4 Å². The first-order chi connectivity index (χ1) is 58.2. The fraction of sp³-hybridized carbons (Fsp3) is 0.0734. The predicted molar refractivity (Wildman–Crippen MR) is 501 cm³/mol. The number of aromatic nitrogens is 5. The maximum absolute atomic E-state index is 10.5. The van der Waals surface area contributed by atoms with E-state index in [1.54, 1.807) is 0 Å². The van der Waals surface area contributed by atoms with E-state index in [-0.39, 0.29) is 17.5 Å². The van der Waals surface area contributed by atoms with Crippen LogP contribution in [0.5, 0.6) is 0 Å². The third-order valence-corrected chi connectivity index (χ3v) is 26.1. The maximum atomic E-state index is 10.5. The summed E-state index contributed by atoms with van der Waals surface area (Å²) in [5.41, 5.74) is 30.4. The number of hydrogen-bond acceptors (Lipinski definition) is 6. The van der Waals surface area contributed by atoms with Crippen LogP contribution in [-0.2, 0) is 10.8 Å². The zero-order valence-corrected chi connectivity index (χ0v) is 67.4.